The lowest BCUT2D eigenvalue weighted by molar-refractivity contribution is -0.142. The Morgan fingerprint density at radius 2 is 1.63 bits per heavy atom. The van der Waals surface area contributed by atoms with Crippen molar-refractivity contribution in [3.63, 3.8) is 0 Å². The number of rotatable bonds is 12. The molecule has 1 saturated heterocycles. The van der Waals surface area contributed by atoms with Gasteiger partial charge in [-0.25, -0.2) is 4.79 Å². The summed E-state index contributed by atoms with van der Waals surface area (Å²) in [6.07, 6.45) is 2.79. The van der Waals surface area contributed by atoms with E-state index in [0.29, 0.717) is 51.4 Å². The first-order valence-electron chi connectivity index (χ1n) is 19.8. The van der Waals surface area contributed by atoms with E-state index in [9.17, 15) is 14.7 Å². The lowest BCUT2D eigenvalue weighted by atomic mass is 9.98. The zero-order chi connectivity index (χ0) is 39.3. The van der Waals surface area contributed by atoms with Gasteiger partial charge < -0.3 is 33.5 Å². The van der Waals surface area contributed by atoms with E-state index >= 15 is 0 Å². The summed E-state index contributed by atoms with van der Waals surface area (Å²) in [4.78, 5) is 29.3. The number of para-hydroxylation sites is 1. The third-order valence-electron chi connectivity index (χ3n) is 11.2. The average molecular weight is 772 g/mol. The minimum Gasteiger partial charge on any atom is -0.493 e. The van der Waals surface area contributed by atoms with Crippen LogP contribution in [0.25, 0.3) is 32.8 Å². The molecule has 2 aliphatic rings. The highest BCUT2D eigenvalue weighted by molar-refractivity contribution is 6.04. The Labute approximate surface area is 332 Å². The highest BCUT2D eigenvalue weighted by Crippen LogP contribution is 2.39. The molecule has 4 aromatic carbocycles. The molecule has 0 amide bonds. The molecule has 12 nitrogen and oxygen atoms in total. The summed E-state index contributed by atoms with van der Waals surface area (Å²) in [5.41, 5.74) is 6.64. The Balaban J connectivity index is 1.06. The maximum absolute atomic E-state index is 13.2. The molecule has 1 fully saturated rings. The van der Waals surface area contributed by atoms with Crippen molar-refractivity contribution < 1.29 is 33.6 Å². The van der Waals surface area contributed by atoms with Gasteiger partial charge in [0, 0.05) is 74.0 Å². The summed E-state index contributed by atoms with van der Waals surface area (Å²) in [6, 6.07) is 28.4. The number of hydrogen-bond acceptors (Lipinski definition) is 9. The number of hydrogen-bond donors (Lipinski definition) is 1. The van der Waals surface area contributed by atoms with Gasteiger partial charge in [0.15, 0.2) is 0 Å². The molecule has 57 heavy (non-hydrogen) atoms. The summed E-state index contributed by atoms with van der Waals surface area (Å²) in [7, 11) is 3.35. The van der Waals surface area contributed by atoms with Gasteiger partial charge in [0.25, 0.3) is 0 Å². The van der Waals surface area contributed by atoms with Gasteiger partial charge in [-0.2, -0.15) is 5.10 Å². The van der Waals surface area contributed by atoms with Crippen molar-refractivity contribution >= 4 is 39.3 Å². The number of carbonyl (C=O) groups excluding carboxylic acids is 1. The molecule has 0 bridgehead atoms. The Morgan fingerprint density at radius 3 is 2.44 bits per heavy atom. The number of aryl methyl sites for hydroxylation is 3. The summed E-state index contributed by atoms with van der Waals surface area (Å²) >= 11 is 0. The van der Waals surface area contributed by atoms with Crippen LogP contribution in [0, 0.1) is 0 Å². The number of nitrogens with zero attached hydrogens (tertiary/aromatic N) is 5. The second-order valence-corrected chi connectivity index (χ2v) is 14.7. The van der Waals surface area contributed by atoms with Crippen LogP contribution in [0.15, 0.2) is 84.9 Å². The number of aromatic nitrogens is 3. The number of carboxylic acid groups (broad SMARTS) is 1. The molecular formula is C45H49N5O7. The molecule has 0 spiro atoms. The quantitative estimate of drug-likeness (QED) is 0.102. The van der Waals surface area contributed by atoms with Gasteiger partial charge >= 0.3 is 11.9 Å². The molecule has 1 N–H and O–H groups in total. The Hall–Kier alpha value is -5.85. The molecule has 12 heteroatoms. The maximum Gasteiger partial charge on any atom is 0.352 e. The third kappa shape index (κ3) is 8.05. The smallest absolute Gasteiger partial charge is 0.352 e. The van der Waals surface area contributed by atoms with Crippen molar-refractivity contribution in [3.05, 3.63) is 108 Å². The van der Waals surface area contributed by atoms with E-state index in [-0.39, 0.29) is 12.6 Å². The van der Waals surface area contributed by atoms with Gasteiger partial charge in [0.05, 0.1) is 38.1 Å². The number of aromatic carboxylic acids is 1. The van der Waals surface area contributed by atoms with E-state index < -0.39 is 5.97 Å². The zero-order valence-corrected chi connectivity index (χ0v) is 32.6. The van der Waals surface area contributed by atoms with Gasteiger partial charge in [0.2, 0.25) is 0 Å². The van der Waals surface area contributed by atoms with Crippen LogP contribution in [0.2, 0.25) is 0 Å². The first-order valence-corrected chi connectivity index (χ1v) is 19.8. The van der Waals surface area contributed by atoms with E-state index in [1.54, 1.807) is 0 Å². The molecule has 0 saturated carbocycles. The Morgan fingerprint density at radius 1 is 0.860 bits per heavy atom. The lowest BCUT2D eigenvalue weighted by Crippen LogP contribution is -2.48. The van der Waals surface area contributed by atoms with Crippen molar-refractivity contribution in [3.8, 4) is 22.6 Å². The van der Waals surface area contributed by atoms with Crippen LogP contribution in [-0.4, -0.2) is 89.3 Å². The van der Waals surface area contributed by atoms with E-state index in [0.717, 1.165) is 106 Å². The number of fused-ring (bicyclic) bond motifs is 3. The third-order valence-corrected chi connectivity index (χ3v) is 11.2. The van der Waals surface area contributed by atoms with Gasteiger partial charge in [-0.3, -0.25) is 14.4 Å². The van der Waals surface area contributed by atoms with E-state index in [1.165, 1.54) is 7.11 Å². The predicted octanol–water partition coefficient (Wildman–Crippen LogP) is 7.09. The molecule has 2 aromatic heterocycles. The molecule has 296 valence electrons. The lowest BCUT2D eigenvalue weighted by Gasteiger charge is -2.35. The standard InChI is InChI=1S/C45H49N5O7/c1-47-39-30-55-26-6-5-21-50-43-35(36(44(50)45(52)53)15-9-27-56-40-16-7-11-31-10-3-4-12-34(31)40)13-8-14-37(43)42(39)38(46-47)29-57-33-19-17-32(18-20-33)49-24-22-48(23-25-49)28-41(51)54-2/h3-4,7-8,10-14,16-20H,5-6,9,15,21-30H2,1-2H3,(H,52,53). The topological polar surface area (TPSA) is 121 Å². The zero-order valence-electron chi connectivity index (χ0n) is 32.6. The monoisotopic (exact) mass is 771 g/mol. The summed E-state index contributed by atoms with van der Waals surface area (Å²) in [6.45, 7) is 5.68. The Kier molecular flexibility index (Phi) is 11.4. The number of methoxy groups -OCH3 is 1. The second-order valence-electron chi connectivity index (χ2n) is 14.7. The maximum atomic E-state index is 13.2. The molecule has 6 aromatic rings. The van der Waals surface area contributed by atoms with Gasteiger partial charge in [-0.1, -0.05) is 54.6 Å². The van der Waals surface area contributed by atoms with Crippen LogP contribution in [0.4, 0.5) is 5.69 Å². The van der Waals surface area contributed by atoms with Gasteiger partial charge in [-0.05, 0) is 67.0 Å². The number of ether oxygens (including phenoxy) is 4. The minimum absolute atomic E-state index is 0.213. The fourth-order valence-electron chi connectivity index (χ4n) is 8.31. The number of esters is 1. The van der Waals surface area contributed by atoms with Crippen LogP contribution in [-0.2, 0) is 47.5 Å². The number of benzene rings is 4. The van der Waals surface area contributed by atoms with Crippen molar-refractivity contribution in [1.29, 1.82) is 0 Å². The number of carbonyl (C=O) groups is 2. The summed E-state index contributed by atoms with van der Waals surface area (Å²) in [5, 5.41) is 18.8. The first kappa shape index (κ1) is 38.0. The molecular weight excluding hydrogens is 723 g/mol. The van der Waals surface area contributed by atoms with Crippen LogP contribution in [0.1, 0.15) is 46.7 Å². The summed E-state index contributed by atoms with van der Waals surface area (Å²) < 4.78 is 27.6. The van der Waals surface area contributed by atoms with Crippen molar-refractivity contribution in [2.24, 2.45) is 7.05 Å². The number of piperazine rings is 1. The average Bonchev–Trinajstić information content (AvgIpc) is 3.72. The predicted molar refractivity (Wildman–Crippen MR) is 219 cm³/mol. The van der Waals surface area contributed by atoms with E-state index in [2.05, 4.69) is 46.2 Å². The van der Waals surface area contributed by atoms with Crippen LogP contribution >= 0.6 is 0 Å². The molecule has 0 radical (unpaired) electrons. The molecule has 0 unspecified atom stereocenters. The summed E-state index contributed by atoms with van der Waals surface area (Å²) in [5.74, 6) is 0.400. The SMILES string of the molecule is COC(=O)CN1CCN(c2ccc(OCc3nn(C)c4c3-c3cccc5c(CCCOc6cccc7ccccc67)c(C(=O)O)n(c35)CCCCOC4)cc2)CC1. The van der Waals surface area contributed by atoms with Crippen LogP contribution in [0.5, 0.6) is 11.5 Å². The van der Waals surface area contributed by atoms with Crippen LogP contribution < -0.4 is 14.4 Å². The normalized spacial score (nSPS) is 14.9. The minimum atomic E-state index is -0.935. The van der Waals surface area contributed by atoms with Crippen molar-refractivity contribution in [1.82, 2.24) is 19.2 Å². The first-order chi connectivity index (χ1) is 27.9. The highest BCUT2D eigenvalue weighted by atomic mass is 16.5. The number of anilines is 1. The van der Waals surface area contributed by atoms with E-state index in [4.69, 9.17) is 24.0 Å². The molecule has 0 aliphatic carbocycles. The molecule has 8 rings (SSSR count). The second kappa shape index (κ2) is 17.1. The largest absolute Gasteiger partial charge is 0.493 e. The van der Waals surface area contributed by atoms with Gasteiger partial charge in [0.1, 0.15) is 29.5 Å². The Bertz CT molecular complexity index is 2370. The van der Waals surface area contributed by atoms with Crippen molar-refractivity contribution in [2.75, 3.05) is 57.9 Å². The van der Waals surface area contributed by atoms with Crippen LogP contribution in [0.3, 0.4) is 0 Å². The van der Waals surface area contributed by atoms with Crippen molar-refractivity contribution in [2.45, 2.75) is 45.4 Å². The molecule has 4 heterocycles. The van der Waals surface area contributed by atoms with E-state index in [1.807, 2.05) is 64.8 Å². The highest BCUT2D eigenvalue weighted by Gasteiger charge is 2.28. The fourth-order valence-corrected chi connectivity index (χ4v) is 8.31. The molecule has 2 aliphatic heterocycles. The van der Waals surface area contributed by atoms with Gasteiger partial charge in [-0.15, -0.1) is 0 Å². The molecule has 0 atom stereocenters. The fraction of sp³-hybridized carbons (Fsp3) is 0.356. The number of carboxylic acids is 1.